The lowest BCUT2D eigenvalue weighted by molar-refractivity contribution is 0.499. The lowest BCUT2D eigenvalue weighted by atomic mass is 9.94. The maximum atomic E-state index is 4.74. The van der Waals surface area contributed by atoms with E-state index in [4.69, 9.17) is 5.10 Å². The molecule has 22 heavy (non-hydrogen) atoms. The molecular weight excluding hydrogens is 274 g/mol. The van der Waals surface area contributed by atoms with Crippen molar-refractivity contribution in [3.8, 4) is 0 Å². The minimum absolute atomic E-state index is 0.439. The largest absolute Gasteiger partial charge is 0.356 e. The van der Waals surface area contributed by atoms with E-state index in [2.05, 4.69) is 40.4 Å². The van der Waals surface area contributed by atoms with E-state index in [0.29, 0.717) is 12.1 Å². The Labute approximate surface area is 133 Å². The normalized spacial score (nSPS) is 21.8. The molecule has 0 amide bonds. The van der Waals surface area contributed by atoms with Gasteiger partial charge in [0.1, 0.15) is 0 Å². The lowest BCUT2D eigenvalue weighted by Gasteiger charge is -2.24. The van der Waals surface area contributed by atoms with Gasteiger partial charge in [0.05, 0.1) is 5.69 Å². The second-order valence-corrected chi connectivity index (χ2v) is 6.99. The molecule has 1 fully saturated rings. The van der Waals surface area contributed by atoms with Crippen LogP contribution in [0, 0.1) is 5.92 Å². The van der Waals surface area contributed by atoms with Crippen molar-refractivity contribution in [1.82, 2.24) is 20.4 Å². The number of guanidine groups is 1. The van der Waals surface area contributed by atoms with Crippen LogP contribution in [0.4, 0.5) is 0 Å². The van der Waals surface area contributed by atoms with E-state index in [9.17, 15) is 0 Å². The summed E-state index contributed by atoms with van der Waals surface area (Å²) in [5.41, 5.74) is 2.68. The Morgan fingerprint density at radius 3 is 2.91 bits per heavy atom. The quantitative estimate of drug-likeness (QED) is 0.648. The van der Waals surface area contributed by atoms with Crippen molar-refractivity contribution in [3.05, 3.63) is 17.5 Å². The molecule has 0 aliphatic heterocycles. The fourth-order valence-electron chi connectivity index (χ4n) is 3.09. The third-order valence-electron chi connectivity index (χ3n) is 4.73. The minimum atomic E-state index is 0.439. The summed E-state index contributed by atoms with van der Waals surface area (Å²) in [7, 11) is 1.86. The molecule has 1 heterocycles. The van der Waals surface area contributed by atoms with Crippen LogP contribution in [0.15, 0.2) is 11.2 Å². The van der Waals surface area contributed by atoms with Gasteiger partial charge >= 0.3 is 0 Å². The molecule has 1 aromatic rings. The first-order valence-corrected chi connectivity index (χ1v) is 8.69. The summed E-state index contributed by atoms with van der Waals surface area (Å²) in [5.74, 6) is 1.90. The van der Waals surface area contributed by atoms with Crippen LogP contribution in [0.3, 0.4) is 0 Å². The Hall–Kier alpha value is -1.52. The van der Waals surface area contributed by atoms with Gasteiger partial charge in [-0.1, -0.05) is 12.8 Å². The van der Waals surface area contributed by atoms with E-state index in [1.807, 2.05) is 7.05 Å². The zero-order chi connectivity index (χ0) is 15.5. The molecule has 1 aromatic heterocycles. The summed E-state index contributed by atoms with van der Waals surface area (Å²) in [4.78, 5) is 4.36. The van der Waals surface area contributed by atoms with E-state index < -0.39 is 0 Å². The zero-order valence-corrected chi connectivity index (χ0v) is 14.1. The molecule has 0 saturated heterocycles. The van der Waals surface area contributed by atoms with Gasteiger partial charge in [0.2, 0.25) is 0 Å². The van der Waals surface area contributed by atoms with Crippen molar-refractivity contribution >= 4 is 5.96 Å². The first-order chi connectivity index (χ1) is 10.7. The molecule has 5 heteroatoms. The molecule has 5 nitrogen and oxygen atoms in total. The van der Waals surface area contributed by atoms with Crippen molar-refractivity contribution in [1.29, 1.82) is 0 Å². The average Bonchev–Trinajstić information content (AvgIpc) is 3.22. The average molecular weight is 303 g/mol. The van der Waals surface area contributed by atoms with Gasteiger partial charge in [-0.25, -0.2) is 0 Å². The monoisotopic (exact) mass is 303 g/mol. The number of aryl methyl sites for hydroxylation is 1. The molecular formula is C17H29N5. The van der Waals surface area contributed by atoms with Crippen molar-refractivity contribution in [2.24, 2.45) is 10.9 Å². The van der Waals surface area contributed by atoms with Gasteiger partial charge in [-0.2, -0.15) is 5.10 Å². The number of nitrogens with one attached hydrogen (secondary N) is 2. The number of fused-ring (bicyclic) bond motifs is 1. The molecule has 3 rings (SSSR count). The van der Waals surface area contributed by atoms with Gasteiger partial charge in [0.25, 0.3) is 0 Å². The zero-order valence-electron chi connectivity index (χ0n) is 14.1. The molecule has 0 bridgehead atoms. The fourth-order valence-corrected chi connectivity index (χ4v) is 3.09. The Balaban J connectivity index is 1.51. The Kier molecular flexibility index (Phi) is 4.69. The molecule has 2 aliphatic rings. The number of rotatable bonds is 5. The molecule has 0 aromatic carbocycles. The first-order valence-electron chi connectivity index (χ1n) is 8.69. The lowest BCUT2D eigenvalue weighted by Crippen LogP contribution is -2.45. The molecule has 2 aliphatic carbocycles. The highest BCUT2D eigenvalue weighted by Crippen LogP contribution is 2.31. The number of hydrogen-bond acceptors (Lipinski definition) is 2. The second-order valence-electron chi connectivity index (χ2n) is 6.99. The van der Waals surface area contributed by atoms with E-state index in [0.717, 1.165) is 37.7 Å². The van der Waals surface area contributed by atoms with Crippen molar-refractivity contribution in [2.75, 3.05) is 13.6 Å². The standard InChI is InChI=1S/C17H29N5/c1-12(2)22-11-14-6-7-15(10-16(14)21-22)20-17(18-3)19-9-8-13-4-5-13/h11-13,15H,4-10H2,1-3H3,(H2,18,19,20). The highest BCUT2D eigenvalue weighted by molar-refractivity contribution is 5.80. The Bertz CT molecular complexity index is 527. The highest BCUT2D eigenvalue weighted by atomic mass is 15.3. The molecule has 122 valence electrons. The third kappa shape index (κ3) is 3.81. The number of aromatic nitrogens is 2. The highest BCUT2D eigenvalue weighted by Gasteiger charge is 2.23. The van der Waals surface area contributed by atoms with Crippen LogP contribution in [-0.4, -0.2) is 35.4 Å². The van der Waals surface area contributed by atoms with Crippen molar-refractivity contribution in [3.63, 3.8) is 0 Å². The van der Waals surface area contributed by atoms with Gasteiger partial charge in [0, 0.05) is 38.3 Å². The van der Waals surface area contributed by atoms with Gasteiger partial charge < -0.3 is 10.6 Å². The molecule has 1 saturated carbocycles. The smallest absolute Gasteiger partial charge is 0.191 e. The molecule has 0 spiro atoms. The van der Waals surface area contributed by atoms with Gasteiger partial charge in [0.15, 0.2) is 5.96 Å². The maximum Gasteiger partial charge on any atom is 0.191 e. The fraction of sp³-hybridized carbons (Fsp3) is 0.765. The number of hydrogen-bond donors (Lipinski definition) is 2. The van der Waals surface area contributed by atoms with E-state index in [1.54, 1.807) is 0 Å². The van der Waals surface area contributed by atoms with Gasteiger partial charge in [-0.15, -0.1) is 0 Å². The van der Waals surface area contributed by atoms with Crippen molar-refractivity contribution in [2.45, 2.75) is 64.5 Å². The SMILES string of the molecule is CN=C(NCCC1CC1)NC1CCc2cn(C(C)C)nc2C1. The van der Waals surface area contributed by atoms with Crippen LogP contribution in [-0.2, 0) is 12.8 Å². The minimum Gasteiger partial charge on any atom is -0.356 e. The summed E-state index contributed by atoms with van der Waals surface area (Å²) in [6.45, 7) is 5.39. The van der Waals surface area contributed by atoms with Crippen LogP contribution in [0.2, 0.25) is 0 Å². The Morgan fingerprint density at radius 1 is 1.41 bits per heavy atom. The van der Waals surface area contributed by atoms with Crippen LogP contribution in [0.1, 0.15) is 56.8 Å². The second kappa shape index (κ2) is 6.71. The predicted octanol–water partition coefficient (Wildman–Crippen LogP) is 2.29. The van der Waals surface area contributed by atoms with Crippen LogP contribution >= 0.6 is 0 Å². The summed E-state index contributed by atoms with van der Waals surface area (Å²) >= 11 is 0. The molecule has 1 atom stereocenters. The maximum absolute atomic E-state index is 4.74. The topological polar surface area (TPSA) is 54.2 Å². The third-order valence-corrected chi connectivity index (χ3v) is 4.73. The van der Waals surface area contributed by atoms with Gasteiger partial charge in [-0.3, -0.25) is 9.67 Å². The van der Waals surface area contributed by atoms with E-state index >= 15 is 0 Å². The van der Waals surface area contributed by atoms with Crippen molar-refractivity contribution < 1.29 is 0 Å². The Morgan fingerprint density at radius 2 is 2.23 bits per heavy atom. The summed E-state index contributed by atoms with van der Waals surface area (Å²) in [5, 5.41) is 11.8. The van der Waals surface area contributed by atoms with Crippen LogP contribution in [0.5, 0.6) is 0 Å². The van der Waals surface area contributed by atoms with Crippen LogP contribution < -0.4 is 10.6 Å². The summed E-state index contributed by atoms with van der Waals surface area (Å²) in [6.07, 6.45) is 9.58. The summed E-state index contributed by atoms with van der Waals surface area (Å²) in [6, 6.07) is 0.879. The van der Waals surface area contributed by atoms with Gasteiger partial charge in [-0.05, 0) is 44.6 Å². The molecule has 1 unspecified atom stereocenters. The number of nitrogens with zero attached hydrogens (tertiary/aromatic N) is 3. The molecule has 2 N–H and O–H groups in total. The van der Waals surface area contributed by atoms with E-state index in [1.165, 1.54) is 30.5 Å². The summed E-state index contributed by atoms with van der Waals surface area (Å²) < 4.78 is 2.09. The first kappa shape index (κ1) is 15.4. The molecule has 0 radical (unpaired) electrons. The van der Waals surface area contributed by atoms with Crippen LogP contribution in [0.25, 0.3) is 0 Å². The predicted molar refractivity (Wildman–Crippen MR) is 90.3 cm³/mol. The number of aliphatic imine (C=N–C) groups is 1. The van der Waals surface area contributed by atoms with E-state index in [-0.39, 0.29) is 0 Å².